The Hall–Kier alpha value is -1.91. The van der Waals surface area contributed by atoms with Crippen LogP contribution in [-0.4, -0.2) is 22.8 Å². The SMILES string of the molecule is NC(=O)c1cc(C(=O)NC2CCCCC2)ccn1. The van der Waals surface area contributed by atoms with E-state index in [1.165, 1.54) is 18.7 Å². The van der Waals surface area contributed by atoms with E-state index in [0.717, 1.165) is 25.7 Å². The van der Waals surface area contributed by atoms with Crippen LogP contribution in [-0.2, 0) is 0 Å². The number of pyridine rings is 1. The van der Waals surface area contributed by atoms with Crippen LogP contribution in [0, 0.1) is 0 Å². The molecule has 0 saturated heterocycles. The van der Waals surface area contributed by atoms with Gasteiger partial charge >= 0.3 is 0 Å². The van der Waals surface area contributed by atoms with Gasteiger partial charge in [-0.05, 0) is 25.0 Å². The standard InChI is InChI=1S/C13H17N3O2/c14-12(17)11-8-9(6-7-15-11)13(18)16-10-4-2-1-3-5-10/h6-8,10H,1-5H2,(H2,14,17)(H,16,18). The normalized spacial score (nSPS) is 16.2. The number of primary amides is 1. The molecule has 3 N–H and O–H groups in total. The summed E-state index contributed by atoms with van der Waals surface area (Å²) in [4.78, 5) is 26.8. The quantitative estimate of drug-likeness (QED) is 0.842. The van der Waals surface area contributed by atoms with Gasteiger partial charge in [0, 0.05) is 17.8 Å². The number of hydrogen-bond donors (Lipinski definition) is 2. The molecule has 1 saturated carbocycles. The minimum absolute atomic E-state index is 0.117. The molecule has 1 aliphatic rings. The Morgan fingerprint density at radius 2 is 2.00 bits per heavy atom. The summed E-state index contributed by atoms with van der Waals surface area (Å²) in [7, 11) is 0. The van der Waals surface area contributed by atoms with Crippen LogP contribution < -0.4 is 11.1 Å². The van der Waals surface area contributed by atoms with Crippen LogP contribution in [0.15, 0.2) is 18.3 Å². The van der Waals surface area contributed by atoms with E-state index in [2.05, 4.69) is 10.3 Å². The summed E-state index contributed by atoms with van der Waals surface area (Å²) in [6.07, 6.45) is 7.05. The second kappa shape index (κ2) is 5.62. The third-order valence-electron chi connectivity index (χ3n) is 3.21. The predicted octanol–water partition coefficient (Wildman–Crippen LogP) is 1.24. The van der Waals surface area contributed by atoms with Crippen molar-refractivity contribution in [3.63, 3.8) is 0 Å². The molecule has 0 aliphatic heterocycles. The Morgan fingerprint density at radius 3 is 2.67 bits per heavy atom. The molecule has 0 atom stereocenters. The highest BCUT2D eigenvalue weighted by atomic mass is 16.2. The molecule has 0 spiro atoms. The Kier molecular flexibility index (Phi) is 3.92. The number of nitrogens with zero attached hydrogens (tertiary/aromatic N) is 1. The fourth-order valence-corrected chi connectivity index (χ4v) is 2.22. The van der Waals surface area contributed by atoms with E-state index < -0.39 is 5.91 Å². The number of nitrogens with two attached hydrogens (primary N) is 1. The van der Waals surface area contributed by atoms with Gasteiger partial charge in [0.25, 0.3) is 11.8 Å². The van der Waals surface area contributed by atoms with Crippen molar-refractivity contribution in [2.24, 2.45) is 5.73 Å². The van der Waals surface area contributed by atoms with E-state index in [1.807, 2.05) is 0 Å². The molecule has 0 unspecified atom stereocenters. The van der Waals surface area contributed by atoms with Gasteiger partial charge in [0.1, 0.15) is 5.69 Å². The van der Waals surface area contributed by atoms with Crippen LogP contribution in [0.2, 0.25) is 0 Å². The zero-order valence-corrected chi connectivity index (χ0v) is 10.2. The van der Waals surface area contributed by atoms with Crippen molar-refractivity contribution in [1.82, 2.24) is 10.3 Å². The lowest BCUT2D eigenvalue weighted by molar-refractivity contribution is 0.0927. The Labute approximate surface area is 106 Å². The molecule has 0 bridgehead atoms. The highest BCUT2D eigenvalue weighted by Gasteiger charge is 2.17. The highest BCUT2D eigenvalue weighted by molar-refractivity contribution is 5.98. The summed E-state index contributed by atoms with van der Waals surface area (Å²) in [5.74, 6) is -0.783. The third kappa shape index (κ3) is 3.06. The molecule has 5 nitrogen and oxygen atoms in total. The first-order valence-electron chi connectivity index (χ1n) is 6.23. The summed E-state index contributed by atoms with van der Waals surface area (Å²) < 4.78 is 0. The van der Waals surface area contributed by atoms with E-state index in [9.17, 15) is 9.59 Å². The van der Waals surface area contributed by atoms with Crippen molar-refractivity contribution < 1.29 is 9.59 Å². The Morgan fingerprint density at radius 1 is 1.28 bits per heavy atom. The maximum Gasteiger partial charge on any atom is 0.267 e. The lowest BCUT2D eigenvalue weighted by atomic mass is 9.95. The van der Waals surface area contributed by atoms with Crippen molar-refractivity contribution in [2.75, 3.05) is 0 Å². The van der Waals surface area contributed by atoms with Crippen molar-refractivity contribution in [3.8, 4) is 0 Å². The van der Waals surface area contributed by atoms with Crippen molar-refractivity contribution in [1.29, 1.82) is 0 Å². The average molecular weight is 247 g/mol. The first-order chi connectivity index (χ1) is 8.66. The van der Waals surface area contributed by atoms with Gasteiger partial charge in [0.2, 0.25) is 0 Å². The number of hydrogen-bond acceptors (Lipinski definition) is 3. The van der Waals surface area contributed by atoms with Crippen LogP contribution in [0.4, 0.5) is 0 Å². The van der Waals surface area contributed by atoms with Crippen molar-refractivity contribution in [2.45, 2.75) is 38.1 Å². The molecule has 1 aromatic rings. The molecular formula is C13H17N3O2. The van der Waals surface area contributed by atoms with Gasteiger partial charge in [-0.3, -0.25) is 14.6 Å². The van der Waals surface area contributed by atoms with Gasteiger partial charge in [0.15, 0.2) is 0 Å². The zero-order valence-electron chi connectivity index (χ0n) is 10.2. The molecule has 1 heterocycles. The number of rotatable bonds is 3. The third-order valence-corrected chi connectivity index (χ3v) is 3.21. The van der Waals surface area contributed by atoms with Gasteiger partial charge < -0.3 is 11.1 Å². The number of aromatic nitrogens is 1. The van der Waals surface area contributed by atoms with Crippen LogP contribution in [0.1, 0.15) is 53.0 Å². The average Bonchev–Trinajstić information content (AvgIpc) is 2.40. The molecule has 96 valence electrons. The van der Waals surface area contributed by atoms with E-state index in [0.29, 0.717) is 5.56 Å². The first kappa shape index (κ1) is 12.5. The number of amides is 2. The van der Waals surface area contributed by atoms with E-state index >= 15 is 0 Å². The second-order valence-corrected chi connectivity index (χ2v) is 4.60. The van der Waals surface area contributed by atoms with E-state index in [4.69, 9.17) is 5.73 Å². The summed E-state index contributed by atoms with van der Waals surface area (Å²) >= 11 is 0. The molecule has 1 aromatic heterocycles. The minimum atomic E-state index is -0.623. The lowest BCUT2D eigenvalue weighted by Crippen LogP contribution is -2.36. The predicted molar refractivity (Wildman–Crippen MR) is 67.1 cm³/mol. The summed E-state index contributed by atoms with van der Waals surface area (Å²) in [6.45, 7) is 0. The lowest BCUT2D eigenvalue weighted by Gasteiger charge is -2.22. The fourth-order valence-electron chi connectivity index (χ4n) is 2.22. The molecule has 0 radical (unpaired) electrons. The molecule has 1 fully saturated rings. The van der Waals surface area contributed by atoms with Crippen LogP contribution in [0.3, 0.4) is 0 Å². The van der Waals surface area contributed by atoms with Gasteiger partial charge in [-0.15, -0.1) is 0 Å². The van der Waals surface area contributed by atoms with Gasteiger partial charge in [0.05, 0.1) is 0 Å². The van der Waals surface area contributed by atoms with Crippen LogP contribution in [0.25, 0.3) is 0 Å². The number of carbonyl (C=O) groups excluding carboxylic acids is 2. The van der Waals surface area contributed by atoms with E-state index in [1.54, 1.807) is 6.07 Å². The maximum atomic E-state index is 12.0. The highest BCUT2D eigenvalue weighted by Crippen LogP contribution is 2.17. The number of nitrogens with one attached hydrogen (secondary N) is 1. The monoisotopic (exact) mass is 247 g/mol. The smallest absolute Gasteiger partial charge is 0.267 e. The Bertz CT molecular complexity index is 453. The second-order valence-electron chi connectivity index (χ2n) is 4.60. The van der Waals surface area contributed by atoms with Crippen LogP contribution >= 0.6 is 0 Å². The molecule has 2 rings (SSSR count). The molecule has 5 heteroatoms. The molecular weight excluding hydrogens is 230 g/mol. The van der Waals surface area contributed by atoms with E-state index in [-0.39, 0.29) is 17.6 Å². The van der Waals surface area contributed by atoms with Crippen molar-refractivity contribution >= 4 is 11.8 Å². The van der Waals surface area contributed by atoms with Gasteiger partial charge in [-0.2, -0.15) is 0 Å². The first-order valence-corrected chi connectivity index (χ1v) is 6.23. The molecule has 18 heavy (non-hydrogen) atoms. The summed E-state index contributed by atoms with van der Waals surface area (Å²) in [6, 6.07) is 3.27. The van der Waals surface area contributed by atoms with Gasteiger partial charge in [-0.25, -0.2) is 0 Å². The minimum Gasteiger partial charge on any atom is -0.364 e. The maximum absolute atomic E-state index is 12.0. The molecule has 0 aromatic carbocycles. The van der Waals surface area contributed by atoms with Crippen molar-refractivity contribution in [3.05, 3.63) is 29.6 Å². The van der Waals surface area contributed by atoms with Crippen LogP contribution in [0.5, 0.6) is 0 Å². The zero-order chi connectivity index (χ0) is 13.0. The number of carbonyl (C=O) groups is 2. The molecule has 1 aliphatic carbocycles. The topological polar surface area (TPSA) is 85.1 Å². The summed E-state index contributed by atoms with van der Waals surface area (Å²) in [5.41, 5.74) is 5.69. The van der Waals surface area contributed by atoms with Gasteiger partial charge in [-0.1, -0.05) is 19.3 Å². The summed E-state index contributed by atoms with van der Waals surface area (Å²) in [5, 5.41) is 2.98. The fraction of sp³-hybridized carbons (Fsp3) is 0.462. The molecule has 2 amide bonds. The largest absolute Gasteiger partial charge is 0.364 e. The Balaban J connectivity index is 2.03.